The summed E-state index contributed by atoms with van der Waals surface area (Å²) in [6.45, 7) is 6.26. The molecule has 0 spiro atoms. The van der Waals surface area contributed by atoms with Crippen molar-refractivity contribution in [2.45, 2.75) is 31.7 Å². The van der Waals surface area contributed by atoms with E-state index in [1.165, 1.54) is 16.7 Å². The van der Waals surface area contributed by atoms with Crippen molar-refractivity contribution < 1.29 is 0 Å². The lowest BCUT2D eigenvalue weighted by Crippen LogP contribution is -1.96. The number of hydrogen-bond acceptors (Lipinski definition) is 3. The fourth-order valence-electron chi connectivity index (χ4n) is 2.50. The minimum atomic E-state index is 0.762. The molecule has 0 amide bonds. The number of aromatic nitrogens is 2. The van der Waals surface area contributed by atoms with Crippen molar-refractivity contribution >= 4 is 34.3 Å². The van der Waals surface area contributed by atoms with E-state index in [2.05, 4.69) is 37.9 Å². The number of thioether (sulfide) groups is 1. The van der Waals surface area contributed by atoms with Gasteiger partial charge in [0.2, 0.25) is 0 Å². The second kappa shape index (κ2) is 6.27. The zero-order chi connectivity index (χ0) is 15.7. The van der Waals surface area contributed by atoms with Crippen molar-refractivity contribution in [1.82, 2.24) is 9.97 Å². The van der Waals surface area contributed by atoms with Gasteiger partial charge in [-0.3, -0.25) is 0 Å². The smallest absolute Gasteiger partial charge is 0.188 e. The summed E-state index contributed by atoms with van der Waals surface area (Å²) in [5.74, 6) is 0.840. The van der Waals surface area contributed by atoms with E-state index in [0.29, 0.717) is 0 Å². The van der Waals surface area contributed by atoms with Gasteiger partial charge in [0.25, 0.3) is 0 Å². The van der Waals surface area contributed by atoms with Gasteiger partial charge in [0.15, 0.2) is 5.16 Å². The van der Waals surface area contributed by atoms with Crippen LogP contribution in [0.2, 0.25) is 5.02 Å². The lowest BCUT2D eigenvalue weighted by molar-refractivity contribution is 0.964. The predicted molar refractivity (Wildman–Crippen MR) is 94.8 cm³/mol. The minimum absolute atomic E-state index is 0.762. The lowest BCUT2D eigenvalue weighted by Gasteiger charge is -2.09. The van der Waals surface area contributed by atoms with Gasteiger partial charge >= 0.3 is 0 Å². The highest BCUT2D eigenvalue weighted by atomic mass is 35.5. The molecule has 1 aromatic heterocycles. The third kappa shape index (κ3) is 3.26. The molecule has 0 atom stereocenters. The summed E-state index contributed by atoms with van der Waals surface area (Å²) in [5, 5.41) is 2.73. The van der Waals surface area contributed by atoms with Gasteiger partial charge in [-0.05, 0) is 50.1 Å². The number of halogens is 1. The molecule has 0 saturated heterocycles. The molecule has 0 aliphatic carbocycles. The second-order valence-electron chi connectivity index (χ2n) is 5.48. The lowest BCUT2D eigenvalue weighted by atomic mass is 10.1. The van der Waals surface area contributed by atoms with E-state index in [-0.39, 0.29) is 0 Å². The van der Waals surface area contributed by atoms with Gasteiger partial charge in [-0.1, -0.05) is 47.1 Å². The van der Waals surface area contributed by atoms with E-state index >= 15 is 0 Å². The number of hydrogen-bond donors (Lipinski definition) is 0. The van der Waals surface area contributed by atoms with E-state index in [0.717, 1.165) is 32.5 Å². The first-order chi connectivity index (χ1) is 10.5. The van der Waals surface area contributed by atoms with Crippen molar-refractivity contribution in [3.05, 3.63) is 63.8 Å². The molecule has 0 aliphatic heterocycles. The van der Waals surface area contributed by atoms with Gasteiger partial charge in [0.1, 0.15) is 0 Å². The Balaban J connectivity index is 1.90. The third-order valence-electron chi connectivity index (χ3n) is 3.59. The summed E-state index contributed by atoms with van der Waals surface area (Å²) in [5.41, 5.74) is 5.76. The van der Waals surface area contributed by atoms with Crippen LogP contribution in [0.15, 0.2) is 41.6 Å². The van der Waals surface area contributed by atoms with Crippen LogP contribution in [0.3, 0.4) is 0 Å². The molecule has 4 heteroatoms. The van der Waals surface area contributed by atoms with Crippen molar-refractivity contribution in [2.24, 2.45) is 0 Å². The van der Waals surface area contributed by atoms with E-state index in [1.54, 1.807) is 11.8 Å². The van der Waals surface area contributed by atoms with Crippen molar-refractivity contribution in [1.29, 1.82) is 0 Å². The molecule has 0 bridgehead atoms. The highest BCUT2D eigenvalue weighted by Gasteiger charge is 2.08. The Morgan fingerprint density at radius 1 is 1.00 bits per heavy atom. The first-order valence-corrected chi connectivity index (χ1v) is 8.52. The van der Waals surface area contributed by atoms with Gasteiger partial charge in [0, 0.05) is 21.9 Å². The molecule has 1 heterocycles. The predicted octanol–water partition coefficient (Wildman–Crippen LogP) is 5.50. The van der Waals surface area contributed by atoms with E-state index < -0.39 is 0 Å². The molecule has 3 aromatic rings. The largest absolute Gasteiger partial charge is 0.227 e. The molecule has 0 saturated carbocycles. The Labute approximate surface area is 139 Å². The first kappa shape index (κ1) is 15.3. The molecular formula is C18H17ClN2S. The number of rotatable bonds is 3. The molecule has 3 rings (SSSR count). The number of fused-ring (bicyclic) bond motifs is 1. The first-order valence-electron chi connectivity index (χ1n) is 7.16. The van der Waals surface area contributed by atoms with Gasteiger partial charge in [-0.2, -0.15) is 0 Å². The molecule has 0 N–H and O–H groups in total. The Morgan fingerprint density at radius 3 is 2.45 bits per heavy atom. The molecular weight excluding hydrogens is 312 g/mol. The molecule has 22 heavy (non-hydrogen) atoms. The summed E-state index contributed by atoms with van der Waals surface area (Å²) >= 11 is 7.57. The third-order valence-corrected chi connectivity index (χ3v) is 4.76. The maximum absolute atomic E-state index is 5.91. The quantitative estimate of drug-likeness (QED) is 0.469. The number of nitrogens with zero attached hydrogens (tertiary/aromatic N) is 2. The molecule has 2 nitrogen and oxygen atoms in total. The van der Waals surface area contributed by atoms with Crippen LogP contribution in [0.5, 0.6) is 0 Å². The van der Waals surface area contributed by atoms with Crippen molar-refractivity contribution in [2.75, 3.05) is 0 Å². The fourth-order valence-corrected chi connectivity index (χ4v) is 3.47. The molecule has 0 aliphatic rings. The Morgan fingerprint density at radius 2 is 1.73 bits per heavy atom. The summed E-state index contributed by atoms with van der Waals surface area (Å²) in [4.78, 5) is 9.38. The highest BCUT2D eigenvalue weighted by molar-refractivity contribution is 7.98. The topological polar surface area (TPSA) is 25.8 Å². The fraction of sp³-hybridized carbons (Fsp3) is 0.222. The average molecular weight is 329 g/mol. The molecule has 0 unspecified atom stereocenters. The zero-order valence-corrected chi connectivity index (χ0v) is 14.4. The standard InChI is InChI=1S/C18H17ClN2S/c1-11-8-12(2)17-16(9-11)13(3)20-18(21-17)22-10-14-4-6-15(19)7-5-14/h4-9H,10H2,1-3H3. The van der Waals surface area contributed by atoms with Crippen LogP contribution in [-0.4, -0.2) is 9.97 Å². The van der Waals surface area contributed by atoms with Gasteiger partial charge in [0.05, 0.1) is 5.52 Å². The number of benzene rings is 2. The van der Waals surface area contributed by atoms with Crippen molar-refractivity contribution in [3.63, 3.8) is 0 Å². The monoisotopic (exact) mass is 328 g/mol. The van der Waals surface area contributed by atoms with Crippen LogP contribution < -0.4 is 0 Å². The van der Waals surface area contributed by atoms with E-state index in [4.69, 9.17) is 16.6 Å². The maximum Gasteiger partial charge on any atom is 0.188 e. The van der Waals surface area contributed by atoms with E-state index in [1.807, 2.05) is 24.3 Å². The highest BCUT2D eigenvalue weighted by Crippen LogP contribution is 2.26. The zero-order valence-electron chi connectivity index (χ0n) is 12.9. The van der Waals surface area contributed by atoms with Gasteiger partial charge in [-0.15, -0.1) is 0 Å². The van der Waals surface area contributed by atoms with Crippen LogP contribution in [0.25, 0.3) is 10.9 Å². The SMILES string of the molecule is Cc1cc(C)c2nc(SCc3ccc(Cl)cc3)nc(C)c2c1. The van der Waals surface area contributed by atoms with Crippen LogP contribution in [0.4, 0.5) is 0 Å². The van der Waals surface area contributed by atoms with Crippen LogP contribution in [0, 0.1) is 20.8 Å². The van der Waals surface area contributed by atoms with Crippen LogP contribution in [-0.2, 0) is 5.75 Å². The Bertz CT molecular complexity index is 829. The molecule has 0 fully saturated rings. The number of aryl methyl sites for hydroxylation is 3. The molecule has 0 radical (unpaired) electrons. The maximum atomic E-state index is 5.91. The Hall–Kier alpha value is -1.58. The van der Waals surface area contributed by atoms with Gasteiger partial charge in [-0.25, -0.2) is 9.97 Å². The summed E-state index contributed by atoms with van der Waals surface area (Å²) in [6.07, 6.45) is 0. The van der Waals surface area contributed by atoms with Gasteiger partial charge < -0.3 is 0 Å². The average Bonchev–Trinajstić information content (AvgIpc) is 2.48. The summed E-state index contributed by atoms with van der Waals surface area (Å²) in [7, 11) is 0. The summed E-state index contributed by atoms with van der Waals surface area (Å²) in [6, 6.07) is 12.2. The van der Waals surface area contributed by atoms with Crippen LogP contribution in [0.1, 0.15) is 22.4 Å². The minimum Gasteiger partial charge on any atom is -0.227 e. The van der Waals surface area contributed by atoms with Crippen LogP contribution >= 0.6 is 23.4 Å². The molecule has 112 valence electrons. The molecule has 2 aromatic carbocycles. The second-order valence-corrected chi connectivity index (χ2v) is 6.86. The summed E-state index contributed by atoms with van der Waals surface area (Å²) < 4.78 is 0. The van der Waals surface area contributed by atoms with Crippen molar-refractivity contribution in [3.8, 4) is 0 Å². The van der Waals surface area contributed by atoms with E-state index in [9.17, 15) is 0 Å². The normalized spacial score (nSPS) is 11.1. The Kier molecular flexibility index (Phi) is 4.37.